The van der Waals surface area contributed by atoms with Gasteiger partial charge in [-0.1, -0.05) is 24.9 Å². The minimum atomic E-state index is -0.515. The van der Waals surface area contributed by atoms with Crippen molar-refractivity contribution in [1.29, 1.82) is 0 Å². The Bertz CT molecular complexity index is 434. The fourth-order valence-electron chi connectivity index (χ4n) is 1.85. The third-order valence-electron chi connectivity index (χ3n) is 2.92. The van der Waals surface area contributed by atoms with Gasteiger partial charge in [0.05, 0.1) is 0 Å². The van der Waals surface area contributed by atoms with Gasteiger partial charge in [-0.2, -0.15) is 0 Å². The summed E-state index contributed by atoms with van der Waals surface area (Å²) in [7, 11) is 0. The summed E-state index contributed by atoms with van der Waals surface area (Å²) in [5, 5.41) is 3.61. The van der Waals surface area contributed by atoms with Crippen LogP contribution in [0.15, 0.2) is 18.2 Å². The Morgan fingerprint density at radius 3 is 2.68 bits per heavy atom. The number of halogens is 1. The molecule has 1 amide bonds. The van der Waals surface area contributed by atoms with Gasteiger partial charge in [0.1, 0.15) is 5.75 Å². The van der Waals surface area contributed by atoms with Crippen molar-refractivity contribution >= 4 is 17.5 Å². The zero-order chi connectivity index (χ0) is 14.4. The molecule has 19 heavy (non-hydrogen) atoms. The quantitative estimate of drug-likeness (QED) is 0.864. The maximum Gasteiger partial charge on any atom is 0.260 e. The third-order valence-corrected chi connectivity index (χ3v) is 3.16. The molecule has 0 aromatic heterocycles. The molecular formula is C15H22ClNO2. The van der Waals surface area contributed by atoms with Crippen LogP contribution in [0.3, 0.4) is 0 Å². The van der Waals surface area contributed by atoms with E-state index in [-0.39, 0.29) is 11.9 Å². The largest absolute Gasteiger partial charge is 0.481 e. The Morgan fingerprint density at radius 1 is 1.42 bits per heavy atom. The second-order valence-corrected chi connectivity index (χ2v) is 5.30. The van der Waals surface area contributed by atoms with Crippen LogP contribution in [-0.2, 0) is 4.79 Å². The molecular weight excluding hydrogens is 262 g/mol. The molecule has 3 nitrogen and oxygen atoms in total. The Morgan fingerprint density at radius 2 is 2.11 bits per heavy atom. The monoisotopic (exact) mass is 283 g/mol. The number of carbonyl (C=O) groups is 1. The molecule has 0 spiro atoms. The summed E-state index contributed by atoms with van der Waals surface area (Å²) in [5.41, 5.74) is 0.925. The van der Waals surface area contributed by atoms with E-state index in [0.29, 0.717) is 10.8 Å². The molecule has 1 N–H and O–H groups in total. The van der Waals surface area contributed by atoms with Gasteiger partial charge in [0.25, 0.3) is 5.91 Å². The number of rotatable bonds is 6. The van der Waals surface area contributed by atoms with Crippen LogP contribution in [0, 0.1) is 6.92 Å². The molecule has 0 radical (unpaired) electrons. The summed E-state index contributed by atoms with van der Waals surface area (Å²) in [5.74, 6) is 0.602. The van der Waals surface area contributed by atoms with Gasteiger partial charge in [0.2, 0.25) is 0 Å². The van der Waals surface area contributed by atoms with E-state index < -0.39 is 6.10 Å². The van der Waals surface area contributed by atoms with Crippen molar-refractivity contribution in [2.24, 2.45) is 0 Å². The van der Waals surface area contributed by atoms with E-state index in [1.807, 2.05) is 19.9 Å². The van der Waals surface area contributed by atoms with Crippen LogP contribution in [0.25, 0.3) is 0 Å². The third kappa shape index (κ3) is 5.11. The molecule has 0 bridgehead atoms. The average molecular weight is 284 g/mol. The molecule has 0 saturated carbocycles. The molecule has 0 unspecified atom stereocenters. The standard InChI is InChI=1S/C15H22ClNO2/c1-5-6-11(3)17-15(18)12(4)19-14-8-7-13(16)9-10(14)2/h7-9,11-12H,5-6H2,1-4H3,(H,17,18)/t11-,12-/m1/s1. The Hall–Kier alpha value is -1.22. The van der Waals surface area contributed by atoms with Crippen molar-refractivity contribution in [3.05, 3.63) is 28.8 Å². The lowest BCUT2D eigenvalue weighted by molar-refractivity contribution is -0.127. The van der Waals surface area contributed by atoms with Crippen LogP contribution in [-0.4, -0.2) is 18.1 Å². The lowest BCUT2D eigenvalue weighted by Crippen LogP contribution is -2.41. The zero-order valence-electron chi connectivity index (χ0n) is 12.0. The average Bonchev–Trinajstić information content (AvgIpc) is 2.32. The summed E-state index contributed by atoms with van der Waals surface area (Å²) in [4.78, 5) is 11.9. The SMILES string of the molecule is CCC[C@@H](C)NC(=O)[C@@H](C)Oc1ccc(Cl)cc1C. The number of hydrogen-bond acceptors (Lipinski definition) is 2. The summed E-state index contributed by atoms with van der Waals surface area (Å²) in [6, 6.07) is 5.54. The van der Waals surface area contributed by atoms with E-state index in [2.05, 4.69) is 12.2 Å². The minimum Gasteiger partial charge on any atom is -0.481 e. The number of aryl methyl sites for hydroxylation is 1. The highest BCUT2D eigenvalue weighted by atomic mass is 35.5. The van der Waals surface area contributed by atoms with Crippen LogP contribution < -0.4 is 10.1 Å². The van der Waals surface area contributed by atoms with Gasteiger partial charge < -0.3 is 10.1 Å². The summed E-state index contributed by atoms with van der Waals surface area (Å²) in [6.45, 7) is 7.76. The molecule has 1 aromatic carbocycles. The van der Waals surface area contributed by atoms with Crippen molar-refractivity contribution in [3.63, 3.8) is 0 Å². The molecule has 2 atom stereocenters. The highest BCUT2D eigenvalue weighted by Gasteiger charge is 2.17. The van der Waals surface area contributed by atoms with Crippen LogP contribution in [0.4, 0.5) is 0 Å². The maximum absolute atomic E-state index is 11.9. The predicted molar refractivity (Wildman–Crippen MR) is 78.8 cm³/mol. The maximum atomic E-state index is 11.9. The van der Waals surface area contributed by atoms with Crippen molar-refractivity contribution in [2.75, 3.05) is 0 Å². The van der Waals surface area contributed by atoms with E-state index in [4.69, 9.17) is 16.3 Å². The van der Waals surface area contributed by atoms with Crippen molar-refractivity contribution in [1.82, 2.24) is 5.32 Å². The van der Waals surface area contributed by atoms with E-state index >= 15 is 0 Å². The molecule has 106 valence electrons. The van der Waals surface area contributed by atoms with Gasteiger partial charge in [0.15, 0.2) is 6.10 Å². The van der Waals surface area contributed by atoms with Crippen molar-refractivity contribution in [2.45, 2.75) is 52.7 Å². The molecule has 1 aromatic rings. The molecule has 0 fully saturated rings. The number of hydrogen-bond donors (Lipinski definition) is 1. The summed E-state index contributed by atoms with van der Waals surface area (Å²) < 4.78 is 5.67. The van der Waals surface area contributed by atoms with Gasteiger partial charge in [-0.15, -0.1) is 0 Å². The van der Waals surface area contributed by atoms with E-state index in [1.165, 1.54) is 0 Å². The fraction of sp³-hybridized carbons (Fsp3) is 0.533. The topological polar surface area (TPSA) is 38.3 Å². The first kappa shape index (κ1) is 15.8. The minimum absolute atomic E-state index is 0.0877. The molecule has 0 aliphatic heterocycles. The fourth-order valence-corrected chi connectivity index (χ4v) is 2.08. The van der Waals surface area contributed by atoms with Gasteiger partial charge in [-0.3, -0.25) is 4.79 Å². The van der Waals surface area contributed by atoms with Gasteiger partial charge >= 0.3 is 0 Å². The summed E-state index contributed by atoms with van der Waals surface area (Å²) in [6.07, 6.45) is 1.50. The van der Waals surface area contributed by atoms with Crippen LogP contribution >= 0.6 is 11.6 Å². The number of benzene rings is 1. The number of nitrogens with one attached hydrogen (secondary N) is 1. The Balaban J connectivity index is 2.58. The molecule has 0 aliphatic rings. The smallest absolute Gasteiger partial charge is 0.260 e. The molecule has 0 aliphatic carbocycles. The predicted octanol–water partition coefficient (Wildman–Crippen LogP) is 3.72. The van der Waals surface area contributed by atoms with E-state index in [1.54, 1.807) is 19.1 Å². The van der Waals surface area contributed by atoms with Crippen LogP contribution in [0.2, 0.25) is 5.02 Å². The van der Waals surface area contributed by atoms with Gasteiger partial charge in [0, 0.05) is 11.1 Å². The molecule has 1 rings (SSSR count). The number of carbonyl (C=O) groups excluding carboxylic acids is 1. The van der Waals surface area contributed by atoms with E-state index in [9.17, 15) is 4.79 Å². The second kappa shape index (κ2) is 7.39. The number of ether oxygens (including phenoxy) is 1. The first-order valence-corrected chi connectivity index (χ1v) is 7.05. The first-order valence-electron chi connectivity index (χ1n) is 6.67. The zero-order valence-corrected chi connectivity index (χ0v) is 12.8. The second-order valence-electron chi connectivity index (χ2n) is 4.87. The van der Waals surface area contributed by atoms with E-state index in [0.717, 1.165) is 18.4 Å². The Labute approximate surface area is 120 Å². The Kier molecular flexibility index (Phi) is 6.16. The first-order chi connectivity index (χ1) is 8.93. The van der Waals surface area contributed by atoms with Gasteiger partial charge in [-0.25, -0.2) is 0 Å². The highest BCUT2D eigenvalue weighted by Crippen LogP contribution is 2.22. The van der Waals surface area contributed by atoms with Crippen molar-refractivity contribution in [3.8, 4) is 5.75 Å². The molecule has 0 heterocycles. The van der Waals surface area contributed by atoms with Crippen LogP contribution in [0.5, 0.6) is 5.75 Å². The van der Waals surface area contributed by atoms with Crippen molar-refractivity contribution < 1.29 is 9.53 Å². The number of amides is 1. The molecule has 0 saturated heterocycles. The lowest BCUT2D eigenvalue weighted by atomic mass is 10.2. The molecule has 4 heteroatoms. The van der Waals surface area contributed by atoms with Crippen LogP contribution in [0.1, 0.15) is 39.2 Å². The summed E-state index contributed by atoms with van der Waals surface area (Å²) >= 11 is 5.88. The normalized spacial score (nSPS) is 13.7. The lowest BCUT2D eigenvalue weighted by Gasteiger charge is -2.19. The van der Waals surface area contributed by atoms with Gasteiger partial charge in [-0.05, 0) is 51.0 Å². The highest BCUT2D eigenvalue weighted by molar-refractivity contribution is 6.30.